The number of rotatable bonds is 25. The lowest BCUT2D eigenvalue weighted by atomic mass is 10.0. The van der Waals surface area contributed by atoms with Gasteiger partial charge >= 0.3 is 26.1 Å². The molecule has 2 atom stereocenters. The number of thioether (sulfide) groups is 1. The molecule has 0 spiro atoms. The van der Waals surface area contributed by atoms with Crippen molar-refractivity contribution in [2.75, 3.05) is 65.1 Å². The van der Waals surface area contributed by atoms with Crippen molar-refractivity contribution in [1.82, 2.24) is 20.5 Å². The van der Waals surface area contributed by atoms with Gasteiger partial charge in [0.2, 0.25) is 0 Å². The van der Waals surface area contributed by atoms with Gasteiger partial charge in [0.05, 0.1) is 64.2 Å². The second-order valence-corrected chi connectivity index (χ2v) is 22.8. The Labute approximate surface area is 499 Å². The van der Waals surface area contributed by atoms with Crippen LogP contribution < -0.4 is 39.6 Å². The van der Waals surface area contributed by atoms with Crippen molar-refractivity contribution < 1.29 is 75.9 Å². The van der Waals surface area contributed by atoms with Gasteiger partial charge in [-0.1, -0.05) is 53.2 Å². The molecule has 0 bridgehead atoms. The van der Waals surface area contributed by atoms with Gasteiger partial charge in [-0.15, -0.1) is 23.1 Å². The van der Waals surface area contributed by atoms with Crippen LogP contribution in [0.1, 0.15) is 66.4 Å². The number of thiazole rings is 1. The van der Waals surface area contributed by atoms with E-state index in [2.05, 4.69) is 30.7 Å². The first kappa shape index (κ1) is 61.8. The molecular weight excluding hydrogens is 1150 g/mol. The molecule has 5 aromatic rings. The first-order valence-corrected chi connectivity index (χ1v) is 28.9. The Bertz CT molecular complexity index is 3290. The second-order valence-electron chi connectivity index (χ2n) is 20.4. The molecule has 84 heavy (non-hydrogen) atoms. The summed E-state index contributed by atoms with van der Waals surface area (Å²) in [6.07, 6.45) is 2.81. The summed E-state index contributed by atoms with van der Waals surface area (Å²) in [6.45, 7) is 7.79. The smallest absolute Gasteiger partial charge is 0.413 e. The van der Waals surface area contributed by atoms with Crippen molar-refractivity contribution in [3.63, 3.8) is 0 Å². The zero-order valence-corrected chi connectivity index (χ0v) is 49.7. The monoisotopic (exact) mass is 1210 g/mol. The van der Waals surface area contributed by atoms with Crippen LogP contribution in [0.25, 0.3) is 0 Å². The number of hydrogen-bond acceptors (Lipinski definition) is 19. The highest BCUT2D eigenvalue weighted by atomic mass is 35.5. The minimum absolute atomic E-state index is 0.0393. The zero-order valence-electron chi connectivity index (χ0n) is 47.4. The van der Waals surface area contributed by atoms with E-state index in [1.807, 2.05) is 48.5 Å². The van der Waals surface area contributed by atoms with Gasteiger partial charge in [-0.25, -0.2) is 19.4 Å². The maximum Gasteiger partial charge on any atom is 0.413 e. The number of quaternary nitrogens is 1. The molecule has 3 aliphatic heterocycles. The van der Waals surface area contributed by atoms with E-state index in [0.717, 1.165) is 60.7 Å². The topological polar surface area (TPSA) is 250 Å². The molecule has 4 heterocycles. The average molecular weight is 1210 g/mol. The Morgan fingerprint density at radius 3 is 2.05 bits per heavy atom. The summed E-state index contributed by atoms with van der Waals surface area (Å²) in [7, 11) is 5.90. The average Bonchev–Trinajstić information content (AvgIpc) is 1.44. The number of carbonyl (C=O) groups is 6. The third-order valence-corrected chi connectivity index (χ3v) is 16.0. The number of ether oxygens (including phenoxy) is 7. The Hall–Kier alpha value is -8.26. The Kier molecular flexibility index (Phi) is 20.9. The first-order chi connectivity index (χ1) is 40.4. The lowest BCUT2D eigenvalue weighted by Gasteiger charge is -2.50. The summed E-state index contributed by atoms with van der Waals surface area (Å²) in [5.41, 5.74) is 2.05. The normalized spacial score (nSPS) is 16.4. The van der Waals surface area contributed by atoms with E-state index in [4.69, 9.17) is 49.6 Å². The highest BCUT2D eigenvalue weighted by Crippen LogP contribution is 2.43. The molecule has 0 aliphatic carbocycles. The van der Waals surface area contributed by atoms with Crippen LogP contribution in [0.2, 0.25) is 5.02 Å². The third kappa shape index (κ3) is 15.9. The molecule has 1 aromatic heterocycles. The fourth-order valence-corrected chi connectivity index (χ4v) is 11.6. The molecule has 3 aliphatic rings. The number of esters is 1. The van der Waals surface area contributed by atoms with Crippen LogP contribution in [0.5, 0.6) is 28.7 Å². The van der Waals surface area contributed by atoms with Crippen LogP contribution in [-0.4, -0.2) is 141 Å². The van der Waals surface area contributed by atoms with Crippen LogP contribution in [0.4, 0.5) is 9.93 Å². The standard InChI is InChI=1S/C58H63BClN7O15S2/c1-58(2,3)81-57(73)64-56-62-43(34-84-56)47(65-80-28-23-45(68)82-59)52(70)63-48-53(71)66-49(55(72)79-32-37-13-19-41(76-6)20-14-37)38(33-83-54(48)66)29-67(25-7-8-26-67)27-24-61-51(69)42-21-22-44(77-30-35-9-15-39(74-4)16-10-35)50(46(42)60)78-31-36-11-17-40(75-5)18-12-36/h9-23,28,34,48,54H,7-8,24-27,29-33,59H2,1-6H3,(H2-,61,62,63,64,69,70,73)/p+1/b28-23+,65-47-/t48-,54-/m1/s1. The molecule has 3 N–H and O–H groups in total. The SMILES string of the molecule is BOC(=O)/C=C/O/N=C(\C(=O)N[C@@H]1C(=O)N2C(C(=O)OCc3ccc(OC)cc3)=C(C[N+]3(CCNC(=O)c4ccc(OCc5ccc(OC)cc5)c(OCc5ccc(OC)cc5)c4Cl)CCCC3)CS[C@H]12)c1csc(NC(=O)OC(C)(C)C)n1. The molecule has 22 nitrogen and oxygen atoms in total. The number of likely N-dealkylation sites (tertiary alicyclic amines) is 1. The van der Waals surface area contributed by atoms with Crippen molar-refractivity contribution in [2.45, 2.75) is 70.5 Å². The van der Waals surface area contributed by atoms with Crippen molar-refractivity contribution in [1.29, 1.82) is 0 Å². The largest absolute Gasteiger partial charge is 0.540 e. The molecule has 0 radical (unpaired) electrons. The lowest BCUT2D eigenvalue weighted by Crippen LogP contribution is -2.71. The van der Waals surface area contributed by atoms with E-state index in [9.17, 15) is 28.8 Å². The Morgan fingerprint density at radius 2 is 1.45 bits per heavy atom. The number of nitrogens with one attached hydrogen (secondary N) is 3. The van der Waals surface area contributed by atoms with Crippen LogP contribution in [0.3, 0.4) is 0 Å². The Morgan fingerprint density at radius 1 is 0.845 bits per heavy atom. The summed E-state index contributed by atoms with van der Waals surface area (Å²) in [4.78, 5) is 92.5. The van der Waals surface area contributed by atoms with Gasteiger partial charge in [0.1, 0.15) is 78.3 Å². The number of oxime groups is 1. The molecule has 26 heteroatoms. The van der Waals surface area contributed by atoms with Crippen molar-refractivity contribution in [2.24, 2.45) is 5.16 Å². The number of benzene rings is 4. The highest BCUT2D eigenvalue weighted by molar-refractivity contribution is 8.00. The summed E-state index contributed by atoms with van der Waals surface area (Å²) in [6, 6.07) is 23.9. The fraction of sp³-hybridized carbons (Fsp3) is 0.345. The fourth-order valence-electron chi connectivity index (χ4n) is 9.31. The number of carbonyl (C=O) groups excluding carboxylic acids is 6. The maximum atomic E-state index is 14.5. The lowest BCUT2D eigenvalue weighted by molar-refractivity contribution is -0.911. The highest BCUT2D eigenvalue weighted by Gasteiger charge is 2.55. The van der Waals surface area contributed by atoms with E-state index in [1.54, 1.807) is 78.5 Å². The van der Waals surface area contributed by atoms with Crippen LogP contribution in [-0.2, 0) is 58.0 Å². The van der Waals surface area contributed by atoms with Crippen molar-refractivity contribution in [3.8, 4) is 28.7 Å². The van der Waals surface area contributed by atoms with E-state index in [1.165, 1.54) is 30.1 Å². The van der Waals surface area contributed by atoms with Gasteiger partial charge in [0, 0.05) is 29.5 Å². The van der Waals surface area contributed by atoms with Gasteiger partial charge in [0.25, 0.3) is 17.7 Å². The van der Waals surface area contributed by atoms with Gasteiger partial charge < -0.3 is 57.8 Å². The Balaban J connectivity index is 1.00. The molecule has 0 unspecified atom stereocenters. The minimum atomic E-state index is -1.15. The predicted octanol–water partition coefficient (Wildman–Crippen LogP) is 7.09. The summed E-state index contributed by atoms with van der Waals surface area (Å²) in [5, 5.41) is 13.1. The molecular formula is C58H64BClN7O15S2+. The zero-order chi connectivity index (χ0) is 60.0. The molecule has 0 saturated carbocycles. The molecule has 4 aromatic carbocycles. The van der Waals surface area contributed by atoms with Crippen LogP contribution in [0.15, 0.2) is 119 Å². The molecule has 8 rings (SSSR count). The van der Waals surface area contributed by atoms with Gasteiger partial charge in [-0.05, 0) is 86.0 Å². The molecule has 4 amide bonds. The molecule has 2 saturated heterocycles. The predicted molar refractivity (Wildman–Crippen MR) is 316 cm³/mol. The first-order valence-electron chi connectivity index (χ1n) is 26.6. The number of methoxy groups -OCH3 is 3. The number of amides is 4. The molecule has 2 fully saturated rings. The second kappa shape index (κ2) is 28.3. The van der Waals surface area contributed by atoms with Gasteiger partial charge in [-0.2, -0.15) is 0 Å². The number of aromatic nitrogens is 1. The number of fused-ring (bicyclic) bond motifs is 1. The third-order valence-electron chi connectivity index (χ3n) is 13.6. The van der Waals surface area contributed by atoms with Gasteiger partial charge in [-0.3, -0.25) is 24.6 Å². The van der Waals surface area contributed by atoms with Crippen LogP contribution in [0, 0.1) is 0 Å². The summed E-state index contributed by atoms with van der Waals surface area (Å²) < 4.78 is 44.8. The van der Waals surface area contributed by atoms with E-state index >= 15 is 0 Å². The number of nitrogens with zero attached hydrogens (tertiary/aromatic N) is 4. The van der Waals surface area contributed by atoms with E-state index in [0.29, 0.717) is 51.7 Å². The minimum Gasteiger partial charge on any atom is -0.540 e. The van der Waals surface area contributed by atoms with E-state index in [-0.39, 0.29) is 65.0 Å². The number of hydrogen-bond donors (Lipinski definition) is 3. The van der Waals surface area contributed by atoms with Crippen molar-refractivity contribution >= 4 is 89.3 Å². The summed E-state index contributed by atoms with van der Waals surface area (Å²) >= 11 is 9.39. The quantitative estimate of drug-likeness (QED) is 0.00771. The maximum absolute atomic E-state index is 14.5. The van der Waals surface area contributed by atoms with Gasteiger partial charge in [0.15, 0.2) is 22.3 Å². The number of anilines is 1. The number of halogens is 1. The number of β-lactam (4-membered cyclic amide) rings is 1. The van der Waals surface area contributed by atoms with Crippen molar-refractivity contribution in [3.05, 3.63) is 147 Å². The summed E-state index contributed by atoms with van der Waals surface area (Å²) in [5.74, 6) is -0.559. The molecule has 442 valence electrons. The van der Waals surface area contributed by atoms with Crippen LogP contribution >= 0.6 is 34.7 Å². The van der Waals surface area contributed by atoms with E-state index < -0.39 is 58.5 Å².